The minimum absolute atomic E-state index is 0.0295. The van der Waals surface area contributed by atoms with Crippen molar-refractivity contribution < 1.29 is 9.21 Å². The predicted octanol–water partition coefficient (Wildman–Crippen LogP) is 1.42. The van der Waals surface area contributed by atoms with Crippen LogP contribution in [-0.4, -0.2) is 11.9 Å². The largest absolute Gasteiger partial charge is 0.472 e. The molecule has 1 aliphatic carbocycles. The third kappa shape index (κ3) is 1.35. The molecule has 1 aromatic rings. The second-order valence-corrected chi connectivity index (χ2v) is 3.30. The fourth-order valence-electron chi connectivity index (χ4n) is 1.17. The van der Waals surface area contributed by atoms with Crippen LogP contribution in [0, 0.1) is 5.92 Å². The van der Waals surface area contributed by atoms with E-state index < -0.39 is 0 Å². The number of carbonyl (C=O) groups excluding carboxylic acids is 1. The van der Waals surface area contributed by atoms with E-state index in [0.717, 1.165) is 6.42 Å². The minimum Gasteiger partial charge on any atom is -0.472 e. The van der Waals surface area contributed by atoms with Gasteiger partial charge in [-0.15, -0.1) is 0 Å². The van der Waals surface area contributed by atoms with E-state index in [0.29, 0.717) is 17.5 Å². The van der Waals surface area contributed by atoms with Gasteiger partial charge >= 0.3 is 0 Å². The van der Waals surface area contributed by atoms with E-state index in [1.807, 2.05) is 0 Å². The first-order chi connectivity index (χ1) is 5.77. The Bertz CT molecular complexity index is 279. The van der Waals surface area contributed by atoms with E-state index >= 15 is 0 Å². The molecule has 3 heteroatoms. The molecule has 1 amide bonds. The minimum atomic E-state index is -0.0295. The van der Waals surface area contributed by atoms with Crippen LogP contribution in [-0.2, 0) is 0 Å². The van der Waals surface area contributed by atoms with Gasteiger partial charge in [0.2, 0.25) is 0 Å². The molecule has 1 saturated carbocycles. The highest BCUT2D eigenvalue weighted by molar-refractivity contribution is 5.94. The molecular weight excluding hydrogens is 154 g/mol. The highest BCUT2D eigenvalue weighted by Crippen LogP contribution is 2.29. The molecule has 2 rings (SSSR count). The summed E-state index contributed by atoms with van der Waals surface area (Å²) in [6, 6.07) is 2.05. The molecule has 1 heterocycles. The molecule has 3 nitrogen and oxygen atoms in total. The van der Waals surface area contributed by atoms with Gasteiger partial charge in [-0.2, -0.15) is 0 Å². The summed E-state index contributed by atoms with van der Waals surface area (Å²) >= 11 is 0. The summed E-state index contributed by atoms with van der Waals surface area (Å²) in [7, 11) is 0. The fourth-order valence-corrected chi connectivity index (χ4v) is 1.17. The second-order valence-electron chi connectivity index (χ2n) is 3.30. The number of furan rings is 1. The first-order valence-corrected chi connectivity index (χ1v) is 4.10. The van der Waals surface area contributed by atoms with Crippen LogP contribution in [0.3, 0.4) is 0 Å². The van der Waals surface area contributed by atoms with Gasteiger partial charge in [-0.3, -0.25) is 4.79 Å². The van der Waals surface area contributed by atoms with E-state index in [4.69, 9.17) is 4.42 Å². The fraction of sp³-hybridized carbons (Fsp3) is 0.444. The maximum Gasteiger partial charge on any atom is 0.254 e. The van der Waals surface area contributed by atoms with Crippen molar-refractivity contribution in [3.63, 3.8) is 0 Å². The zero-order valence-electron chi connectivity index (χ0n) is 6.91. The average molecular weight is 165 g/mol. The zero-order valence-corrected chi connectivity index (χ0v) is 6.91. The van der Waals surface area contributed by atoms with Gasteiger partial charge in [-0.1, -0.05) is 6.92 Å². The summed E-state index contributed by atoms with van der Waals surface area (Å²) in [5.74, 6) is 0.610. The van der Waals surface area contributed by atoms with Gasteiger partial charge in [0, 0.05) is 6.04 Å². The van der Waals surface area contributed by atoms with Crippen molar-refractivity contribution in [3.05, 3.63) is 24.2 Å². The Hall–Kier alpha value is -1.25. The van der Waals surface area contributed by atoms with Gasteiger partial charge in [0.1, 0.15) is 6.26 Å². The Kier molecular flexibility index (Phi) is 1.64. The van der Waals surface area contributed by atoms with E-state index in [1.165, 1.54) is 12.5 Å². The summed E-state index contributed by atoms with van der Waals surface area (Å²) in [5.41, 5.74) is 0.606. The Balaban J connectivity index is 1.93. The average Bonchev–Trinajstić information content (AvgIpc) is 2.58. The summed E-state index contributed by atoms with van der Waals surface area (Å²) in [5, 5.41) is 2.91. The summed E-state index contributed by atoms with van der Waals surface area (Å²) in [6.07, 6.45) is 4.07. The number of carbonyl (C=O) groups is 1. The lowest BCUT2D eigenvalue weighted by atomic mass is 10.3. The lowest BCUT2D eigenvalue weighted by molar-refractivity contribution is 0.0948. The normalized spacial score (nSPS) is 26.8. The van der Waals surface area contributed by atoms with Crippen LogP contribution in [0.4, 0.5) is 0 Å². The molecule has 0 aromatic carbocycles. The van der Waals surface area contributed by atoms with Crippen molar-refractivity contribution in [2.75, 3.05) is 0 Å². The van der Waals surface area contributed by atoms with Gasteiger partial charge in [-0.05, 0) is 18.4 Å². The standard InChI is InChI=1S/C9H11NO2/c1-6-4-8(6)10-9(11)7-2-3-12-5-7/h2-3,5-6,8H,4H2,1H3,(H,10,11). The van der Waals surface area contributed by atoms with Crippen LogP contribution in [0.15, 0.2) is 23.0 Å². The van der Waals surface area contributed by atoms with Crippen molar-refractivity contribution in [1.29, 1.82) is 0 Å². The number of rotatable bonds is 2. The monoisotopic (exact) mass is 165 g/mol. The molecular formula is C9H11NO2. The molecule has 0 saturated heterocycles. The first kappa shape index (κ1) is 7.40. The summed E-state index contributed by atoms with van der Waals surface area (Å²) in [4.78, 5) is 11.3. The van der Waals surface area contributed by atoms with E-state index in [1.54, 1.807) is 6.07 Å². The zero-order chi connectivity index (χ0) is 8.55. The first-order valence-electron chi connectivity index (χ1n) is 4.10. The summed E-state index contributed by atoms with van der Waals surface area (Å²) < 4.78 is 4.80. The van der Waals surface area contributed by atoms with Crippen LogP contribution < -0.4 is 5.32 Å². The Morgan fingerprint density at radius 1 is 1.75 bits per heavy atom. The Morgan fingerprint density at radius 3 is 3.00 bits per heavy atom. The van der Waals surface area contributed by atoms with E-state index in [2.05, 4.69) is 12.2 Å². The molecule has 2 unspecified atom stereocenters. The van der Waals surface area contributed by atoms with Crippen LogP contribution in [0.5, 0.6) is 0 Å². The molecule has 12 heavy (non-hydrogen) atoms. The smallest absolute Gasteiger partial charge is 0.254 e. The Labute approximate surface area is 70.8 Å². The SMILES string of the molecule is CC1CC1NC(=O)c1ccoc1. The molecule has 0 bridgehead atoms. The van der Waals surface area contributed by atoms with Crippen molar-refractivity contribution in [2.45, 2.75) is 19.4 Å². The van der Waals surface area contributed by atoms with Gasteiger partial charge in [0.05, 0.1) is 11.8 Å². The van der Waals surface area contributed by atoms with Crippen LogP contribution in [0.25, 0.3) is 0 Å². The molecule has 2 atom stereocenters. The maximum absolute atomic E-state index is 11.3. The third-order valence-electron chi connectivity index (χ3n) is 2.21. The van der Waals surface area contributed by atoms with Gasteiger partial charge < -0.3 is 9.73 Å². The lowest BCUT2D eigenvalue weighted by Gasteiger charge is -1.99. The van der Waals surface area contributed by atoms with Crippen LogP contribution >= 0.6 is 0 Å². The van der Waals surface area contributed by atoms with Gasteiger partial charge in [0.15, 0.2) is 0 Å². The molecule has 64 valence electrons. The quantitative estimate of drug-likeness (QED) is 0.720. The molecule has 1 fully saturated rings. The van der Waals surface area contributed by atoms with Crippen molar-refractivity contribution in [1.82, 2.24) is 5.32 Å². The topological polar surface area (TPSA) is 42.2 Å². The molecule has 0 radical (unpaired) electrons. The van der Waals surface area contributed by atoms with Crippen LogP contribution in [0.2, 0.25) is 0 Å². The molecule has 0 spiro atoms. The molecule has 1 N–H and O–H groups in total. The van der Waals surface area contributed by atoms with Crippen molar-refractivity contribution in [2.24, 2.45) is 5.92 Å². The van der Waals surface area contributed by atoms with E-state index in [9.17, 15) is 4.79 Å². The summed E-state index contributed by atoms with van der Waals surface area (Å²) in [6.45, 7) is 2.13. The number of nitrogens with one attached hydrogen (secondary N) is 1. The van der Waals surface area contributed by atoms with Gasteiger partial charge in [-0.25, -0.2) is 0 Å². The lowest BCUT2D eigenvalue weighted by Crippen LogP contribution is -2.25. The maximum atomic E-state index is 11.3. The molecule has 1 aromatic heterocycles. The molecule has 1 aliphatic rings. The number of hydrogen-bond donors (Lipinski definition) is 1. The van der Waals surface area contributed by atoms with Crippen molar-refractivity contribution in [3.8, 4) is 0 Å². The van der Waals surface area contributed by atoms with Crippen molar-refractivity contribution >= 4 is 5.91 Å². The third-order valence-corrected chi connectivity index (χ3v) is 2.21. The highest BCUT2D eigenvalue weighted by Gasteiger charge is 2.34. The number of amides is 1. The predicted molar refractivity (Wildman–Crippen MR) is 43.7 cm³/mol. The Morgan fingerprint density at radius 2 is 2.50 bits per heavy atom. The molecule has 0 aliphatic heterocycles. The van der Waals surface area contributed by atoms with E-state index in [-0.39, 0.29) is 5.91 Å². The van der Waals surface area contributed by atoms with Crippen LogP contribution in [0.1, 0.15) is 23.7 Å². The van der Waals surface area contributed by atoms with Gasteiger partial charge in [0.25, 0.3) is 5.91 Å². The number of hydrogen-bond acceptors (Lipinski definition) is 2. The second kappa shape index (κ2) is 2.66. The highest BCUT2D eigenvalue weighted by atomic mass is 16.3.